The molecule has 1 amide bonds. The molecule has 1 rings (SSSR count). The summed E-state index contributed by atoms with van der Waals surface area (Å²) < 4.78 is 0.558. The number of hydrogen-bond donors (Lipinski definition) is 0. The van der Waals surface area contributed by atoms with Crippen LogP contribution in [0.4, 0.5) is 0 Å². The van der Waals surface area contributed by atoms with E-state index in [2.05, 4.69) is 0 Å². The predicted octanol–water partition coefficient (Wildman–Crippen LogP) is -0.958. The van der Waals surface area contributed by atoms with E-state index in [1.165, 1.54) is 0 Å². The Morgan fingerprint density at radius 2 is 2.00 bits per heavy atom. The first-order chi connectivity index (χ1) is 3.70. The smallest absolute Gasteiger partial charge is 0.207 e. The van der Waals surface area contributed by atoms with Crippen molar-refractivity contribution in [1.82, 2.24) is 0 Å². The molecule has 0 saturated carbocycles. The Labute approximate surface area is 44.4 Å². The first-order valence-electron chi connectivity index (χ1n) is 2.10. The third-order valence-corrected chi connectivity index (χ3v) is 0.876. The standard InChI is InChI=1S/C3H4N2O3/c6-3-1-4(7)2-5(3)8/h1-2H2/q+2. The van der Waals surface area contributed by atoms with E-state index >= 15 is 0 Å². The van der Waals surface area contributed by atoms with Gasteiger partial charge < -0.3 is 0 Å². The van der Waals surface area contributed by atoms with E-state index in [1.54, 1.807) is 0 Å². The van der Waals surface area contributed by atoms with Crippen molar-refractivity contribution in [3.8, 4) is 0 Å². The van der Waals surface area contributed by atoms with Crippen molar-refractivity contribution in [2.75, 3.05) is 13.2 Å². The minimum Gasteiger partial charge on any atom is -0.207 e. The van der Waals surface area contributed by atoms with Gasteiger partial charge in [0.15, 0.2) is 0 Å². The third-order valence-electron chi connectivity index (χ3n) is 0.876. The quantitative estimate of drug-likeness (QED) is 0.383. The number of amides is 1. The van der Waals surface area contributed by atoms with Gasteiger partial charge >= 0.3 is 19.1 Å². The highest BCUT2D eigenvalue weighted by Gasteiger charge is 2.43. The van der Waals surface area contributed by atoms with Crippen LogP contribution in [0.5, 0.6) is 0 Å². The Balaban J connectivity index is 2.79. The molecule has 0 aromatic carbocycles. The number of nitrogens with zero attached hydrogens (tertiary/aromatic N) is 2. The Morgan fingerprint density at radius 3 is 2.12 bits per heavy atom. The van der Waals surface area contributed by atoms with Crippen LogP contribution >= 0.6 is 0 Å². The lowest BCUT2D eigenvalue weighted by atomic mass is 10.7. The molecule has 0 bridgehead atoms. The third kappa shape index (κ3) is 0.617. The molecule has 5 nitrogen and oxygen atoms in total. The van der Waals surface area contributed by atoms with Gasteiger partial charge in [-0.15, -0.1) is 0 Å². The fourth-order valence-electron chi connectivity index (χ4n) is 0.502. The van der Waals surface area contributed by atoms with Gasteiger partial charge in [0.2, 0.25) is 0 Å². The largest absolute Gasteiger partial charge is 0.508 e. The fraction of sp³-hybridized carbons (Fsp3) is 0.667. The first-order valence-corrected chi connectivity index (χ1v) is 2.10. The van der Waals surface area contributed by atoms with Gasteiger partial charge in [-0.1, -0.05) is 0 Å². The Kier molecular flexibility index (Phi) is 0.896. The lowest BCUT2D eigenvalue weighted by Crippen LogP contribution is -2.09. The van der Waals surface area contributed by atoms with Crippen molar-refractivity contribution >= 4 is 5.91 Å². The summed E-state index contributed by atoms with van der Waals surface area (Å²) in [5.41, 5.74) is 0. The molecule has 0 aromatic rings. The van der Waals surface area contributed by atoms with Crippen LogP contribution < -0.4 is 0 Å². The van der Waals surface area contributed by atoms with Crippen LogP contribution in [0.3, 0.4) is 0 Å². The van der Waals surface area contributed by atoms with E-state index in [4.69, 9.17) is 0 Å². The number of nitroso groups, excluding NO2 is 2. The molecule has 1 fully saturated rings. The van der Waals surface area contributed by atoms with Crippen LogP contribution in [0.2, 0.25) is 0 Å². The molecule has 0 spiro atoms. The summed E-state index contributed by atoms with van der Waals surface area (Å²) in [5.74, 6) is -0.653. The molecule has 1 aliphatic rings. The van der Waals surface area contributed by atoms with E-state index in [0.717, 1.165) is 0 Å². The van der Waals surface area contributed by atoms with Crippen LogP contribution in [-0.4, -0.2) is 28.6 Å². The minimum atomic E-state index is -0.653. The zero-order valence-corrected chi connectivity index (χ0v) is 4.03. The SMILES string of the molecule is O=C1C[N+](=O)C[N+]1=O. The fourth-order valence-corrected chi connectivity index (χ4v) is 0.502. The second-order valence-corrected chi connectivity index (χ2v) is 1.55. The Morgan fingerprint density at radius 1 is 1.38 bits per heavy atom. The second-order valence-electron chi connectivity index (χ2n) is 1.55. The maximum atomic E-state index is 10.2. The highest BCUT2D eigenvalue weighted by Crippen LogP contribution is 1.89. The molecule has 42 valence electrons. The number of rotatable bonds is 0. The summed E-state index contributed by atoms with van der Waals surface area (Å²) >= 11 is 0. The van der Waals surface area contributed by atoms with Crippen LogP contribution in [-0.2, 0) is 4.79 Å². The molecule has 0 aromatic heterocycles. The molecule has 1 heterocycles. The molecule has 0 aliphatic carbocycles. The summed E-state index contributed by atoms with van der Waals surface area (Å²) in [5, 5.41) is 0. The van der Waals surface area contributed by atoms with Crippen molar-refractivity contribution in [1.29, 1.82) is 0 Å². The molecule has 5 heteroatoms. The number of carbonyl (C=O) groups is 1. The normalized spacial score (nSPS) is 20.2. The van der Waals surface area contributed by atoms with E-state index in [-0.39, 0.29) is 18.0 Å². The zero-order chi connectivity index (χ0) is 6.15. The summed E-state index contributed by atoms with van der Waals surface area (Å²) in [7, 11) is 0. The van der Waals surface area contributed by atoms with Gasteiger partial charge in [0, 0.05) is 9.81 Å². The molecular weight excluding hydrogens is 112 g/mol. The lowest BCUT2D eigenvalue weighted by molar-refractivity contribution is -0.655. The monoisotopic (exact) mass is 116 g/mol. The summed E-state index contributed by atoms with van der Waals surface area (Å²) in [6, 6.07) is 0. The van der Waals surface area contributed by atoms with E-state index in [0.29, 0.717) is 4.76 Å². The van der Waals surface area contributed by atoms with Gasteiger partial charge in [0.05, 0.1) is 4.76 Å². The van der Waals surface area contributed by atoms with E-state index in [1.807, 2.05) is 0 Å². The van der Waals surface area contributed by atoms with Crippen molar-refractivity contribution in [2.24, 2.45) is 0 Å². The highest BCUT2D eigenvalue weighted by atomic mass is 16.3. The molecule has 0 atom stereocenters. The molecule has 0 unspecified atom stereocenters. The van der Waals surface area contributed by atoms with E-state index in [9.17, 15) is 14.6 Å². The van der Waals surface area contributed by atoms with Crippen molar-refractivity contribution < 1.29 is 14.3 Å². The second kappa shape index (κ2) is 1.43. The van der Waals surface area contributed by atoms with Gasteiger partial charge in [0.25, 0.3) is 0 Å². The van der Waals surface area contributed by atoms with Gasteiger partial charge in [-0.05, 0) is 0 Å². The topological polar surface area (TPSA) is 57.2 Å². The molecule has 1 saturated heterocycles. The lowest BCUT2D eigenvalue weighted by Gasteiger charge is -1.56. The number of hydrogen-bond acceptors (Lipinski definition) is 3. The zero-order valence-electron chi connectivity index (χ0n) is 4.03. The average molecular weight is 116 g/mol. The average Bonchev–Trinajstić information content (AvgIpc) is 1.85. The summed E-state index contributed by atoms with van der Waals surface area (Å²) in [4.78, 5) is 30.4. The molecule has 0 N–H and O–H groups in total. The predicted molar refractivity (Wildman–Crippen MR) is 22.0 cm³/mol. The summed E-state index contributed by atoms with van der Waals surface area (Å²) in [6.07, 6.45) is 0. The Hall–Kier alpha value is -1.13. The van der Waals surface area contributed by atoms with Crippen molar-refractivity contribution in [3.05, 3.63) is 9.81 Å². The first kappa shape index (κ1) is 5.02. The maximum absolute atomic E-state index is 10.2. The maximum Gasteiger partial charge on any atom is 0.508 e. The minimum absolute atomic E-state index is 0.146. The molecular formula is C3H4N2O3+2. The highest BCUT2D eigenvalue weighted by molar-refractivity contribution is 5.68. The van der Waals surface area contributed by atoms with Gasteiger partial charge in [0.1, 0.15) is 4.76 Å². The summed E-state index contributed by atoms with van der Waals surface area (Å²) in [6.45, 7) is -0.623. The van der Waals surface area contributed by atoms with Crippen LogP contribution in [0.1, 0.15) is 0 Å². The van der Waals surface area contributed by atoms with Crippen LogP contribution in [0.25, 0.3) is 0 Å². The van der Waals surface area contributed by atoms with Gasteiger partial charge in [-0.25, -0.2) is 4.79 Å². The Bertz CT molecular complexity index is 155. The van der Waals surface area contributed by atoms with Crippen molar-refractivity contribution in [3.63, 3.8) is 0 Å². The van der Waals surface area contributed by atoms with Gasteiger partial charge in [-0.2, -0.15) is 0 Å². The van der Waals surface area contributed by atoms with Crippen LogP contribution in [0, 0.1) is 9.81 Å². The van der Waals surface area contributed by atoms with Crippen molar-refractivity contribution in [2.45, 2.75) is 0 Å². The molecule has 8 heavy (non-hydrogen) atoms. The number of carbonyl (C=O) groups excluding carboxylic acids is 1. The van der Waals surface area contributed by atoms with E-state index < -0.39 is 5.91 Å². The van der Waals surface area contributed by atoms with Crippen LogP contribution in [0.15, 0.2) is 0 Å². The van der Waals surface area contributed by atoms with Gasteiger partial charge in [-0.3, -0.25) is 0 Å². The molecule has 1 aliphatic heterocycles. The molecule has 0 radical (unpaired) electrons.